The van der Waals surface area contributed by atoms with Crippen LogP contribution in [0.2, 0.25) is 5.02 Å². The molecule has 0 saturated carbocycles. The maximum Gasteiger partial charge on any atom is 0.328 e. The largest absolute Gasteiger partial charge is 0.478 e. The van der Waals surface area contributed by atoms with Gasteiger partial charge in [0.15, 0.2) is 0 Å². The molecule has 6 nitrogen and oxygen atoms in total. The van der Waals surface area contributed by atoms with Crippen LogP contribution in [0.1, 0.15) is 5.56 Å². The molecule has 142 valence electrons. The van der Waals surface area contributed by atoms with Gasteiger partial charge in [-0.15, -0.1) is 0 Å². The van der Waals surface area contributed by atoms with Crippen molar-refractivity contribution in [1.29, 1.82) is 0 Å². The summed E-state index contributed by atoms with van der Waals surface area (Å²) in [6, 6.07) is 13.8. The van der Waals surface area contributed by atoms with Crippen LogP contribution in [0.3, 0.4) is 0 Å². The van der Waals surface area contributed by atoms with Crippen molar-refractivity contribution in [3.8, 4) is 0 Å². The molecule has 8 heteroatoms. The number of carbonyl (C=O) groups is 1. The Hall–Kier alpha value is -2.35. The first-order valence-corrected chi connectivity index (χ1v) is 10.2. The third-order valence-electron chi connectivity index (χ3n) is 4.34. The summed E-state index contributed by atoms with van der Waals surface area (Å²) in [4.78, 5) is 12.9. The van der Waals surface area contributed by atoms with Crippen LogP contribution < -0.4 is 4.90 Å². The summed E-state index contributed by atoms with van der Waals surface area (Å²) in [7, 11) is -3.63. The van der Waals surface area contributed by atoms with E-state index in [1.807, 2.05) is 24.3 Å². The Bertz CT molecular complexity index is 950. The number of rotatable bonds is 5. The second kappa shape index (κ2) is 8.12. The SMILES string of the molecule is O=C(O)C=Cc1cccc(S(=O)(=O)N2CCN(c3ccc(Cl)cc3)CC2)c1. The van der Waals surface area contributed by atoms with Gasteiger partial charge in [-0.25, -0.2) is 13.2 Å². The van der Waals surface area contributed by atoms with Gasteiger partial charge in [-0.05, 0) is 48.0 Å². The summed E-state index contributed by atoms with van der Waals surface area (Å²) in [6.45, 7) is 1.92. The number of benzene rings is 2. The van der Waals surface area contributed by atoms with Crippen molar-refractivity contribution in [2.24, 2.45) is 0 Å². The fourth-order valence-corrected chi connectivity index (χ4v) is 4.54. The molecule has 0 aliphatic carbocycles. The lowest BCUT2D eigenvalue weighted by Gasteiger charge is -2.35. The molecule has 2 aromatic carbocycles. The van der Waals surface area contributed by atoms with E-state index in [0.717, 1.165) is 11.8 Å². The number of aliphatic carboxylic acids is 1. The molecule has 0 unspecified atom stereocenters. The first-order valence-electron chi connectivity index (χ1n) is 8.38. The molecule has 1 fully saturated rings. The van der Waals surface area contributed by atoms with Gasteiger partial charge in [-0.3, -0.25) is 0 Å². The van der Waals surface area contributed by atoms with Crippen LogP contribution in [0.5, 0.6) is 0 Å². The number of anilines is 1. The van der Waals surface area contributed by atoms with Crippen LogP contribution in [0.25, 0.3) is 6.08 Å². The average Bonchev–Trinajstić information content (AvgIpc) is 2.67. The molecule has 1 aliphatic heterocycles. The van der Waals surface area contributed by atoms with E-state index in [-0.39, 0.29) is 4.90 Å². The second-order valence-corrected chi connectivity index (χ2v) is 8.49. The maximum absolute atomic E-state index is 12.9. The van der Waals surface area contributed by atoms with E-state index < -0.39 is 16.0 Å². The van der Waals surface area contributed by atoms with Gasteiger partial charge in [0, 0.05) is 43.0 Å². The molecule has 1 aliphatic rings. The van der Waals surface area contributed by atoms with Gasteiger partial charge in [-0.2, -0.15) is 4.31 Å². The zero-order valence-electron chi connectivity index (χ0n) is 14.5. The van der Waals surface area contributed by atoms with Crippen molar-refractivity contribution < 1.29 is 18.3 Å². The van der Waals surface area contributed by atoms with E-state index in [1.165, 1.54) is 22.5 Å². The average molecular weight is 407 g/mol. The number of carboxylic acids is 1. The molecular weight excluding hydrogens is 388 g/mol. The number of piperazine rings is 1. The number of sulfonamides is 1. The van der Waals surface area contributed by atoms with Gasteiger partial charge in [0.05, 0.1) is 4.90 Å². The van der Waals surface area contributed by atoms with E-state index in [0.29, 0.717) is 36.8 Å². The predicted octanol–water partition coefficient (Wildman–Crippen LogP) is 2.95. The summed E-state index contributed by atoms with van der Waals surface area (Å²) in [6.07, 6.45) is 2.36. The molecule has 27 heavy (non-hydrogen) atoms. The zero-order chi connectivity index (χ0) is 19.4. The van der Waals surface area contributed by atoms with Crippen molar-refractivity contribution in [3.05, 3.63) is 65.2 Å². The highest BCUT2D eigenvalue weighted by Gasteiger charge is 2.28. The Morgan fingerprint density at radius 3 is 2.33 bits per heavy atom. The van der Waals surface area contributed by atoms with Crippen LogP contribution in [-0.4, -0.2) is 50.0 Å². The van der Waals surface area contributed by atoms with Crippen LogP contribution in [0.4, 0.5) is 5.69 Å². The van der Waals surface area contributed by atoms with Crippen molar-refractivity contribution in [1.82, 2.24) is 4.31 Å². The highest BCUT2D eigenvalue weighted by Crippen LogP contribution is 2.23. The highest BCUT2D eigenvalue weighted by atomic mass is 35.5. The molecule has 1 N–H and O–H groups in total. The Morgan fingerprint density at radius 2 is 1.70 bits per heavy atom. The molecule has 1 heterocycles. The molecule has 1 saturated heterocycles. The standard InChI is InChI=1S/C19H19ClN2O4S/c20-16-5-7-17(8-6-16)21-10-12-22(13-11-21)27(25,26)18-3-1-2-15(14-18)4-9-19(23)24/h1-9,14H,10-13H2,(H,23,24). The van der Waals surface area contributed by atoms with Gasteiger partial charge in [0.25, 0.3) is 0 Å². The first kappa shape index (κ1) is 19.4. The minimum atomic E-state index is -3.63. The Kier molecular flexibility index (Phi) is 5.84. The quantitative estimate of drug-likeness (QED) is 0.772. The van der Waals surface area contributed by atoms with Crippen LogP contribution in [0, 0.1) is 0 Å². The van der Waals surface area contributed by atoms with Crippen molar-refractivity contribution in [2.75, 3.05) is 31.1 Å². The summed E-state index contributed by atoms with van der Waals surface area (Å²) in [5.74, 6) is -1.08. The number of halogens is 1. The molecule has 0 amide bonds. The Balaban J connectivity index is 1.72. The number of nitrogens with zero attached hydrogens (tertiary/aromatic N) is 2. The molecular formula is C19H19ClN2O4S. The highest BCUT2D eigenvalue weighted by molar-refractivity contribution is 7.89. The molecule has 0 aromatic heterocycles. The van der Waals surface area contributed by atoms with Crippen molar-refractivity contribution >= 4 is 39.4 Å². The van der Waals surface area contributed by atoms with E-state index >= 15 is 0 Å². The third-order valence-corrected chi connectivity index (χ3v) is 6.49. The lowest BCUT2D eigenvalue weighted by Crippen LogP contribution is -2.48. The minimum absolute atomic E-state index is 0.162. The number of hydrogen-bond donors (Lipinski definition) is 1. The topological polar surface area (TPSA) is 77.9 Å². The zero-order valence-corrected chi connectivity index (χ0v) is 16.0. The Morgan fingerprint density at radius 1 is 1.04 bits per heavy atom. The summed E-state index contributed by atoms with van der Waals surface area (Å²) in [5.41, 5.74) is 1.54. The van der Waals surface area contributed by atoms with E-state index in [4.69, 9.17) is 16.7 Å². The second-order valence-electron chi connectivity index (χ2n) is 6.11. The monoisotopic (exact) mass is 406 g/mol. The molecule has 0 radical (unpaired) electrons. The normalized spacial score (nSPS) is 16.0. The van der Waals surface area contributed by atoms with Gasteiger partial charge in [0.1, 0.15) is 0 Å². The van der Waals surface area contributed by atoms with Gasteiger partial charge in [0.2, 0.25) is 10.0 Å². The summed E-state index contributed by atoms with van der Waals surface area (Å²) in [5, 5.41) is 9.38. The molecule has 0 atom stereocenters. The van der Waals surface area contributed by atoms with Gasteiger partial charge < -0.3 is 10.0 Å². The maximum atomic E-state index is 12.9. The fourth-order valence-electron chi connectivity index (χ4n) is 2.93. The van der Waals surface area contributed by atoms with E-state index in [1.54, 1.807) is 12.1 Å². The van der Waals surface area contributed by atoms with Crippen LogP contribution >= 0.6 is 11.6 Å². The lowest BCUT2D eigenvalue weighted by atomic mass is 10.2. The summed E-state index contributed by atoms with van der Waals surface area (Å²) >= 11 is 5.91. The van der Waals surface area contributed by atoms with Crippen molar-refractivity contribution in [2.45, 2.75) is 4.90 Å². The summed E-state index contributed by atoms with van der Waals surface area (Å²) < 4.78 is 27.3. The minimum Gasteiger partial charge on any atom is -0.478 e. The van der Waals surface area contributed by atoms with Gasteiger partial charge >= 0.3 is 5.97 Å². The molecule has 0 spiro atoms. The van der Waals surface area contributed by atoms with Crippen molar-refractivity contribution in [3.63, 3.8) is 0 Å². The van der Waals surface area contributed by atoms with E-state index in [9.17, 15) is 13.2 Å². The molecule has 3 rings (SSSR count). The predicted molar refractivity (Wildman–Crippen MR) is 106 cm³/mol. The van der Waals surface area contributed by atoms with Crippen LogP contribution in [-0.2, 0) is 14.8 Å². The number of carboxylic acid groups (broad SMARTS) is 1. The lowest BCUT2D eigenvalue weighted by molar-refractivity contribution is -0.131. The van der Waals surface area contributed by atoms with Gasteiger partial charge in [-0.1, -0.05) is 23.7 Å². The molecule has 0 bridgehead atoms. The smallest absolute Gasteiger partial charge is 0.328 e. The fraction of sp³-hybridized carbons (Fsp3) is 0.211. The third kappa shape index (κ3) is 4.68. The van der Waals surface area contributed by atoms with E-state index in [2.05, 4.69) is 4.90 Å². The van der Waals surface area contributed by atoms with Crippen LogP contribution in [0.15, 0.2) is 59.5 Å². The Labute approximate surface area is 163 Å². The first-order chi connectivity index (χ1) is 12.9. The number of hydrogen-bond acceptors (Lipinski definition) is 4. The molecule has 2 aromatic rings.